The van der Waals surface area contributed by atoms with E-state index in [1.165, 1.54) is 41.6 Å². The van der Waals surface area contributed by atoms with Gasteiger partial charge in [0.05, 0.1) is 0 Å². The minimum atomic E-state index is -3.28. The Hall–Kier alpha value is -1.85. The fraction of sp³-hybridized carbons (Fsp3) is 0.286. The lowest BCUT2D eigenvalue weighted by atomic mass is 9.70. The van der Waals surface area contributed by atoms with E-state index in [-0.39, 0.29) is 10.4 Å². The average Bonchev–Trinajstić information content (AvgIpc) is 3.03. The number of nitrogens with zero attached hydrogens (tertiary/aromatic N) is 1. The van der Waals surface area contributed by atoms with E-state index in [0.717, 1.165) is 11.1 Å². The Morgan fingerprint density at radius 3 is 2.04 bits per heavy atom. The lowest BCUT2D eigenvalue weighted by molar-refractivity contribution is 0.282. The molecule has 26 heavy (non-hydrogen) atoms. The Labute approximate surface area is 159 Å². The highest BCUT2D eigenvalue weighted by molar-refractivity contribution is 7.98. The predicted octanol–water partition coefficient (Wildman–Crippen LogP) is 4.86. The summed E-state index contributed by atoms with van der Waals surface area (Å²) in [7, 11) is -3.28. The quantitative estimate of drug-likeness (QED) is 0.708. The van der Waals surface area contributed by atoms with Crippen LogP contribution in [0.4, 0.5) is 0 Å². The molecule has 0 unspecified atom stereocenters. The van der Waals surface area contributed by atoms with Gasteiger partial charge in [-0.05, 0) is 60.1 Å². The van der Waals surface area contributed by atoms with Gasteiger partial charge in [-0.2, -0.15) is 0 Å². The molecule has 0 atom stereocenters. The summed E-state index contributed by atoms with van der Waals surface area (Å²) in [6.45, 7) is 0. The first-order chi connectivity index (χ1) is 12.4. The fourth-order valence-electron chi connectivity index (χ4n) is 3.65. The van der Waals surface area contributed by atoms with Crippen LogP contribution in [-0.4, -0.2) is 25.9 Å². The maximum atomic E-state index is 11.7. The molecule has 1 aromatic heterocycles. The summed E-state index contributed by atoms with van der Waals surface area (Å²) in [5.41, 5.74) is 4.73. The Bertz CT molecular complexity index is 997. The zero-order chi connectivity index (χ0) is 18.4. The zero-order valence-corrected chi connectivity index (χ0v) is 16.5. The highest BCUT2D eigenvalue weighted by atomic mass is 32.2. The Balaban J connectivity index is 1.75. The van der Waals surface area contributed by atoms with E-state index in [4.69, 9.17) is 0 Å². The summed E-state index contributed by atoms with van der Waals surface area (Å²) < 4.78 is 23.4. The monoisotopic (exact) mass is 383 g/mol. The summed E-state index contributed by atoms with van der Waals surface area (Å²) >= 11 is 1.74. The number of sulfone groups is 1. The SMILES string of the molecule is CSc1ccc(C2=CC3(C=C2c2ccc(S(C)(=O)=O)nc2)CCC3)cc1. The Morgan fingerprint density at radius 1 is 0.962 bits per heavy atom. The van der Waals surface area contributed by atoms with Gasteiger partial charge >= 0.3 is 0 Å². The number of hydrogen-bond acceptors (Lipinski definition) is 4. The molecule has 2 aliphatic carbocycles. The fourth-order valence-corrected chi connectivity index (χ4v) is 4.62. The van der Waals surface area contributed by atoms with Crippen molar-refractivity contribution in [2.45, 2.75) is 29.2 Å². The highest BCUT2D eigenvalue weighted by Crippen LogP contribution is 2.53. The van der Waals surface area contributed by atoms with Crippen LogP contribution in [0, 0.1) is 5.41 Å². The van der Waals surface area contributed by atoms with Crippen molar-refractivity contribution in [2.24, 2.45) is 5.41 Å². The van der Waals surface area contributed by atoms with Crippen LogP contribution in [0.1, 0.15) is 30.4 Å². The minimum Gasteiger partial charge on any atom is -0.244 e. The van der Waals surface area contributed by atoms with Crippen molar-refractivity contribution in [3.8, 4) is 0 Å². The topological polar surface area (TPSA) is 47.0 Å². The lowest BCUT2D eigenvalue weighted by Gasteiger charge is -2.34. The smallest absolute Gasteiger partial charge is 0.192 e. The molecule has 0 aliphatic heterocycles. The van der Waals surface area contributed by atoms with Gasteiger partial charge in [-0.1, -0.05) is 30.7 Å². The van der Waals surface area contributed by atoms with Gasteiger partial charge < -0.3 is 0 Å². The average molecular weight is 384 g/mol. The van der Waals surface area contributed by atoms with E-state index in [1.807, 2.05) is 6.07 Å². The van der Waals surface area contributed by atoms with Gasteiger partial charge in [-0.15, -0.1) is 11.8 Å². The summed E-state index contributed by atoms with van der Waals surface area (Å²) in [6, 6.07) is 12.1. The summed E-state index contributed by atoms with van der Waals surface area (Å²) in [5.74, 6) is 0. The van der Waals surface area contributed by atoms with E-state index in [0.29, 0.717) is 0 Å². The van der Waals surface area contributed by atoms with E-state index >= 15 is 0 Å². The predicted molar refractivity (Wildman–Crippen MR) is 108 cm³/mol. The molecule has 0 saturated heterocycles. The second-order valence-electron chi connectivity index (χ2n) is 7.09. The van der Waals surface area contributed by atoms with Crippen LogP contribution in [0.2, 0.25) is 0 Å². The van der Waals surface area contributed by atoms with Gasteiger partial charge in [0.25, 0.3) is 0 Å². The molecule has 134 valence electrons. The molecule has 1 saturated carbocycles. The van der Waals surface area contributed by atoms with Gasteiger partial charge in [-0.3, -0.25) is 0 Å². The van der Waals surface area contributed by atoms with Crippen molar-refractivity contribution in [2.75, 3.05) is 12.5 Å². The molecule has 2 aliphatic rings. The van der Waals surface area contributed by atoms with Crippen LogP contribution in [-0.2, 0) is 9.84 Å². The van der Waals surface area contributed by atoms with Crippen LogP contribution >= 0.6 is 11.8 Å². The van der Waals surface area contributed by atoms with Crippen molar-refractivity contribution < 1.29 is 8.42 Å². The third-order valence-electron chi connectivity index (χ3n) is 5.27. The molecule has 1 spiro atoms. The summed E-state index contributed by atoms with van der Waals surface area (Å²) in [4.78, 5) is 5.43. The molecule has 1 fully saturated rings. The minimum absolute atomic E-state index is 0.119. The van der Waals surface area contributed by atoms with Crippen molar-refractivity contribution in [1.29, 1.82) is 0 Å². The van der Waals surface area contributed by atoms with Crippen molar-refractivity contribution in [3.63, 3.8) is 0 Å². The van der Waals surface area contributed by atoms with Crippen molar-refractivity contribution in [1.82, 2.24) is 4.98 Å². The largest absolute Gasteiger partial charge is 0.244 e. The standard InChI is InChI=1S/C21H21NO2S2/c1-25-17-7-4-15(5-8-17)18-12-21(10-3-11-21)13-19(18)16-6-9-20(22-14-16)26(2,23)24/h4-9,12-14H,3,10-11H2,1-2H3. The lowest BCUT2D eigenvalue weighted by Crippen LogP contribution is -2.22. The van der Waals surface area contributed by atoms with Crippen LogP contribution in [0.5, 0.6) is 0 Å². The summed E-state index contributed by atoms with van der Waals surface area (Å²) in [6.07, 6.45) is 13.3. The van der Waals surface area contributed by atoms with E-state index in [1.54, 1.807) is 24.0 Å². The van der Waals surface area contributed by atoms with Gasteiger partial charge in [0.2, 0.25) is 0 Å². The third kappa shape index (κ3) is 3.14. The van der Waals surface area contributed by atoms with E-state index < -0.39 is 9.84 Å². The molecular formula is C21H21NO2S2. The number of thioether (sulfide) groups is 1. The molecule has 0 bridgehead atoms. The first-order valence-corrected chi connectivity index (χ1v) is 11.8. The first kappa shape index (κ1) is 17.6. The second-order valence-corrected chi connectivity index (χ2v) is 9.93. The number of hydrogen-bond donors (Lipinski definition) is 0. The van der Waals surface area contributed by atoms with Crippen LogP contribution in [0.3, 0.4) is 0 Å². The number of benzene rings is 1. The third-order valence-corrected chi connectivity index (χ3v) is 7.01. The van der Waals surface area contributed by atoms with Crippen molar-refractivity contribution in [3.05, 3.63) is 65.9 Å². The van der Waals surface area contributed by atoms with Gasteiger partial charge in [0.1, 0.15) is 0 Å². The first-order valence-electron chi connectivity index (χ1n) is 8.67. The highest BCUT2D eigenvalue weighted by Gasteiger charge is 2.38. The number of aromatic nitrogens is 1. The molecule has 0 N–H and O–H groups in total. The van der Waals surface area contributed by atoms with E-state index in [2.05, 4.69) is 47.7 Å². The maximum absolute atomic E-state index is 11.7. The molecule has 4 rings (SSSR count). The van der Waals surface area contributed by atoms with Crippen molar-refractivity contribution >= 4 is 32.7 Å². The molecule has 1 aromatic carbocycles. The number of pyridine rings is 1. The summed E-state index contributed by atoms with van der Waals surface area (Å²) in [5, 5.41) is 0.119. The molecule has 5 heteroatoms. The molecule has 2 aromatic rings. The number of allylic oxidation sites excluding steroid dienone is 4. The van der Waals surface area contributed by atoms with Gasteiger partial charge in [0.15, 0.2) is 14.9 Å². The van der Waals surface area contributed by atoms with Crippen LogP contribution in [0.15, 0.2) is 64.7 Å². The number of rotatable bonds is 4. The van der Waals surface area contributed by atoms with Crippen LogP contribution < -0.4 is 0 Å². The molecule has 0 radical (unpaired) electrons. The van der Waals surface area contributed by atoms with Gasteiger partial charge in [0, 0.05) is 28.3 Å². The molecule has 3 nitrogen and oxygen atoms in total. The van der Waals surface area contributed by atoms with Crippen LogP contribution in [0.25, 0.3) is 11.1 Å². The zero-order valence-electron chi connectivity index (χ0n) is 14.9. The van der Waals surface area contributed by atoms with Gasteiger partial charge in [-0.25, -0.2) is 13.4 Å². The Morgan fingerprint density at radius 2 is 1.58 bits per heavy atom. The molecule has 1 heterocycles. The normalized spacial score (nSPS) is 18.4. The van der Waals surface area contributed by atoms with E-state index in [9.17, 15) is 8.42 Å². The molecular weight excluding hydrogens is 362 g/mol. The Kier molecular flexibility index (Phi) is 4.32. The maximum Gasteiger partial charge on any atom is 0.192 e. The second kappa shape index (κ2) is 6.39. The molecule has 0 amide bonds.